The highest BCUT2D eigenvalue weighted by atomic mass is 32.2. The van der Waals surface area contributed by atoms with Crippen LogP contribution in [-0.4, -0.2) is 26.3 Å². The number of benzene rings is 2. The SMILES string of the molecule is Cc1cccc(C(O)CNC(C)c2ccc(NS(C)(=O)=O)cc2)c1. The fraction of sp³-hybridized carbons (Fsp3) is 0.333. The Morgan fingerprint density at radius 2 is 1.75 bits per heavy atom. The number of sulfonamides is 1. The first-order chi connectivity index (χ1) is 11.2. The standard InChI is InChI=1S/C18H24N2O3S/c1-13-5-4-6-16(11-13)18(21)12-19-14(2)15-7-9-17(10-8-15)20-24(3,22)23/h4-11,14,18-21H,12H2,1-3H3. The summed E-state index contributed by atoms with van der Waals surface area (Å²) in [6.07, 6.45) is 0.552. The fourth-order valence-corrected chi connectivity index (χ4v) is 3.02. The van der Waals surface area contributed by atoms with Gasteiger partial charge in [0.05, 0.1) is 12.4 Å². The van der Waals surface area contributed by atoms with E-state index < -0.39 is 16.1 Å². The minimum atomic E-state index is -3.26. The minimum absolute atomic E-state index is 0.0387. The van der Waals surface area contributed by atoms with Gasteiger partial charge < -0.3 is 10.4 Å². The highest BCUT2D eigenvalue weighted by Crippen LogP contribution is 2.19. The summed E-state index contributed by atoms with van der Waals surface area (Å²) in [6, 6.07) is 15.0. The summed E-state index contributed by atoms with van der Waals surface area (Å²) in [6.45, 7) is 4.44. The topological polar surface area (TPSA) is 78.4 Å². The molecule has 5 nitrogen and oxygen atoms in total. The molecule has 2 aromatic carbocycles. The maximum absolute atomic E-state index is 11.2. The molecule has 130 valence electrons. The van der Waals surface area contributed by atoms with Crippen molar-refractivity contribution in [3.8, 4) is 0 Å². The lowest BCUT2D eigenvalue weighted by molar-refractivity contribution is 0.170. The number of aryl methyl sites for hydroxylation is 1. The third kappa shape index (κ3) is 5.63. The van der Waals surface area contributed by atoms with Gasteiger partial charge in [-0.05, 0) is 37.1 Å². The lowest BCUT2D eigenvalue weighted by Crippen LogP contribution is -2.24. The number of nitrogens with one attached hydrogen (secondary N) is 2. The fourth-order valence-electron chi connectivity index (χ4n) is 2.46. The largest absolute Gasteiger partial charge is 0.387 e. The lowest BCUT2D eigenvalue weighted by atomic mass is 10.0. The van der Waals surface area contributed by atoms with Crippen LogP contribution in [0.25, 0.3) is 0 Å². The van der Waals surface area contributed by atoms with Gasteiger partial charge >= 0.3 is 0 Å². The molecular weight excluding hydrogens is 324 g/mol. The smallest absolute Gasteiger partial charge is 0.229 e. The molecule has 0 heterocycles. The van der Waals surface area contributed by atoms with E-state index in [0.29, 0.717) is 12.2 Å². The molecule has 0 amide bonds. The van der Waals surface area contributed by atoms with Crippen molar-refractivity contribution in [2.24, 2.45) is 0 Å². The number of aliphatic hydroxyl groups excluding tert-OH is 1. The summed E-state index contributed by atoms with van der Waals surface area (Å²) in [5.41, 5.74) is 3.56. The molecule has 0 radical (unpaired) electrons. The van der Waals surface area contributed by atoms with Gasteiger partial charge in [0, 0.05) is 18.3 Å². The lowest BCUT2D eigenvalue weighted by Gasteiger charge is -2.18. The van der Waals surface area contributed by atoms with Gasteiger partial charge in [0.25, 0.3) is 0 Å². The molecule has 0 saturated heterocycles. The van der Waals surface area contributed by atoms with Gasteiger partial charge in [-0.3, -0.25) is 4.72 Å². The number of anilines is 1. The van der Waals surface area contributed by atoms with Crippen LogP contribution in [0.5, 0.6) is 0 Å². The van der Waals surface area contributed by atoms with Crippen LogP contribution < -0.4 is 10.0 Å². The predicted octanol–water partition coefficient (Wildman–Crippen LogP) is 2.75. The van der Waals surface area contributed by atoms with Crippen molar-refractivity contribution in [1.29, 1.82) is 0 Å². The second-order valence-corrected chi connectivity index (χ2v) is 7.80. The number of hydrogen-bond donors (Lipinski definition) is 3. The van der Waals surface area contributed by atoms with Gasteiger partial charge in [-0.15, -0.1) is 0 Å². The van der Waals surface area contributed by atoms with Crippen LogP contribution in [0.2, 0.25) is 0 Å². The van der Waals surface area contributed by atoms with Gasteiger partial charge in [0.1, 0.15) is 0 Å². The van der Waals surface area contributed by atoms with E-state index in [1.54, 1.807) is 12.1 Å². The van der Waals surface area contributed by atoms with E-state index in [0.717, 1.165) is 22.9 Å². The van der Waals surface area contributed by atoms with Crippen LogP contribution in [0.1, 0.15) is 35.8 Å². The van der Waals surface area contributed by atoms with Gasteiger partial charge in [-0.25, -0.2) is 8.42 Å². The van der Waals surface area contributed by atoms with Crippen LogP contribution in [0.15, 0.2) is 48.5 Å². The summed E-state index contributed by atoms with van der Waals surface area (Å²) in [5, 5.41) is 13.6. The van der Waals surface area contributed by atoms with Gasteiger partial charge in [-0.1, -0.05) is 42.0 Å². The molecule has 0 aliphatic carbocycles. The van der Waals surface area contributed by atoms with E-state index in [2.05, 4.69) is 10.0 Å². The molecule has 6 heteroatoms. The van der Waals surface area contributed by atoms with Gasteiger partial charge in [-0.2, -0.15) is 0 Å². The van der Waals surface area contributed by atoms with E-state index in [-0.39, 0.29) is 6.04 Å². The normalized spacial score (nSPS) is 14.2. The Labute approximate surface area is 143 Å². The van der Waals surface area contributed by atoms with E-state index in [9.17, 15) is 13.5 Å². The summed E-state index contributed by atoms with van der Waals surface area (Å²) >= 11 is 0. The van der Waals surface area contributed by atoms with Crippen molar-refractivity contribution in [3.05, 3.63) is 65.2 Å². The van der Waals surface area contributed by atoms with E-state index in [1.807, 2.05) is 50.2 Å². The van der Waals surface area contributed by atoms with Crippen molar-refractivity contribution in [2.75, 3.05) is 17.5 Å². The maximum atomic E-state index is 11.2. The molecule has 2 rings (SSSR count). The van der Waals surface area contributed by atoms with Crippen LogP contribution in [0, 0.1) is 6.92 Å². The quantitative estimate of drug-likeness (QED) is 0.719. The minimum Gasteiger partial charge on any atom is -0.387 e. The molecule has 0 saturated carbocycles. The summed E-state index contributed by atoms with van der Waals surface area (Å²) in [5.74, 6) is 0. The molecule has 24 heavy (non-hydrogen) atoms. The zero-order valence-corrected chi connectivity index (χ0v) is 15.0. The summed E-state index contributed by atoms with van der Waals surface area (Å²) in [7, 11) is -3.26. The van der Waals surface area contributed by atoms with E-state index >= 15 is 0 Å². The molecule has 0 aliphatic rings. The highest BCUT2D eigenvalue weighted by molar-refractivity contribution is 7.92. The van der Waals surface area contributed by atoms with Gasteiger partial charge in [0.15, 0.2) is 0 Å². The molecule has 2 unspecified atom stereocenters. The van der Waals surface area contributed by atoms with E-state index in [4.69, 9.17) is 0 Å². The monoisotopic (exact) mass is 348 g/mol. The molecule has 2 aromatic rings. The van der Waals surface area contributed by atoms with Crippen LogP contribution in [-0.2, 0) is 10.0 Å². The maximum Gasteiger partial charge on any atom is 0.229 e. The third-order valence-corrected chi connectivity index (χ3v) is 4.36. The molecule has 0 fully saturated rings. The van der Waals surface area contributed by atoms with Crippen LogP contribution in [0.4, 0.5) is 5.69 Å². The first kappa shape index (κ1) is 18.4. The Kier molecular flexibility index (Phi) is 5.99. The van der Waals surface area contributed by atoms with Crippen molar-refractivity contribution in [3.63, 3.8) is 0 Å². The Morgan fingerprint density at radius 1 is 1.08 bits per heavy atom. The number of hydrogen-bond acceptors (Lipinski definition) is 4. The number of aliphatic hydroxyl groups is 1. The molecule has 2 atom stereocenters. The van der Waals surface area contributed by atoms with Crippen LogP contribution >= 0.6 is 0 Å². The van der Waals surface area contributed by atoms with Crippen molar-refractivity contribution >= 4 is 15.7 Å². The summed E-state index contributed by atoms with van der Waals surface area (Å²) in [4.78, 5) is 0. The van der Waals surface area contributed by atoms with E-state index in [1.165, 1.54) is 0 Å². The number of rotatable bonds is 7. The van der Waals surface area contributed by atoms with Crippen molar-refractivity contribution < 1.29 is 13.5 Å². The molecule has 0 aliphatic heterocycles. The molecule has 0 spiro atoms. The molecule has 0 bridgehead atoms. The molecule has 3 N–H and O–H groups in total. The Morgan fingerprint density at radius 3 is 2.33 bits per heavy atom. The average molecular weight is 348 g/mol. The second kappa shape index (κ2) is 7.79. The highest BCUT2D eigenvalue weighted by Gasteiger charge is 2.11. The zero-order valence-electron chi connectivity index (χ0n) is 14.2. The van der Waals surface area contributed by atoms with Crippen molar-refractivity contribution in [1.82, 2.24) is 5.32 Å². The first-order valence-corrected chi connectivity index (χ1v) is 9.69. The average Bonchev–Trinajstić information content (AvgIpc) is 2.51. The molecule has 0 aromatic heterocycles. The zero-order chi connectivity index (χ0) is 17.7. The first-order valence-electron chi connectivity index (χ1n) is 7.80. The second-order valence-electron chi connectivity index (χ2n) is 6.06. The third-order valence-electron chi connectivity index (χ3n) is 3.76. The Balaban J connectivity index is 1.93. The van der Waals surface area contributed by atoms with Crippen LogP contribution in [0.3, 0.4) is 0 Å². The van der Waals surface area contributed by atoms with Gasteiger partial charge in [0.2, 0.25) is 10.0 Å². The Bertz CT molecular complexity index is 773. The summed E-state index contributed by atoms with van der Waals surface area (Å²) < 4.78 is 24.8. The molecular formula is C18H24N2O3S. The predicted molar refractivity (Wildman–Crippen MR) is 97.5 cm³/mol. The van der Waals surface area contributed by atoms with Crippen molar-refractivity contribution in [2.45, 2.75) is 26.0 Å². The Hall–Kier alpha value is -1.89.